The summed E-state index contributed by atoms with van der Waals surface area (Å²) in [4.78, 5) is 26.2. The SMILES string of the molecule is CC(OC(=O)/C(C#N)=C/c1ccc(N(C)C)cc1)C(=O)Nc1ccc(F)c(F)c1F. The van der Waals surface area contributed by atoms with Gasteiger partial charge in [-0.2, -0.15) is 5.26 Å². The van der Waals surface area contributed by atoms with Crippen molar-refractivity contribution in [2.24, 2.45) is 0 Å². The first-order chi connectivity index (χ1) is 14.1. The molecule has 2 aromatic carbocycles. The summed E-state index contributed by atoms with van der Waals surface area (Å²) in [7, 11) is 3.73. The van der Waals surface area contributed by atoms with Crippen molar-refractivity contribution >= 4 is 29.3 Å². The van der Waals surface area contributed by atoms with Gasteiger partial charge in [0.15, 0.2) is 23.6 Å². The molecule has 156 valence electrons. The maximum Gasteiger partial charge on any atom is 0.349 e. The second-order valence-electron chi connectivity index (χ2n) is 6.42. The highest BCUT2D eigenvalue weighted by atomic mass is 19.2. The number of amides is 1. The number of carbonyl (C=O) groups excluding carboxylic acids is 2. The molecule has 0 heterocycles. The fourth-order valence-corrected chi connectivity index (χ4v) is 2.31. The van der Waals surface area contributed by atoms with Crippen LogP contribution in [-0.4, -0.2) is 32.1 Å². The molecule has 1 unspecified atom stereocenters. The lowest BCUT2D eigenvalue weighted by atomic mass is 10.1. The van der Waals surface area contributed by atoms with Gasteiger partial charge in [-0.3, -0.25) is 4.79 Å². The van der Waals surface area contributed by atoms with Gasteiger partial charge in [0.25, 0.3) is 5.91 Å². The zero-order valence-electron chi connectivity index (χ0n) is 16.4. The lowest BCUT2D eigenvalue weighted by molar-refractivity contribution is -0.148. The topological polar surface area (TPSA) is 82.4 Å². The second-order valence-corrected chi connectivity index (χ2v) is 6.42. The fourth-order valence-electron chi connectivity index (χ4n) is 2.31. The molecule has 2 aromatic rings. The van der Waals surface area contributed by atoms with Gasteiger partial charge in [-0.15, -0.1) is 0 Å². The van der Waals surface area contributed by atoms with Crippen LogP contribution in [0.1, 0.15) is 12.5 Å². The molecule has 1 N–H and O–H groups in total. The van der Waals surface area contributed by atoms with Gasteiger partial charge in [-0.05, 0) is 42.8 Å². The van der Waals surface area contributed by atoms with E-state index in [9.17, 15) is 28.0 Å². The Hall–Kier alpha value is -3.80. The van der Waals surface area contributed by atoms with Crippen LogP contribution in [0.25, 0.3) is 6.08 Å². The van der Waals surface area contributed by atoms with E-state index in [1.165, 1.54) is 13.0 Å². The summed E-state index contributed by atoms with van der Waals surface area (Å²) < 4.78 is 44.8. The van der Waals surface area contributed by atoms with Crippen LogP contribution in [0.2, 0.25) is 0 Å². The van der Waals surface area contributed by atoms with Crippen LogP contribution in [0.3, 0.4) is 0 Å². The van der Waals surface area contributed by atoms with Crippen molar-refractivity contribution in [1.82, 2.24) is 0 Å². The summed E-state index contributed by atoms with van der Waals surface area (Å²) >= 11 is 0. The van der Waals surface area contributed by atoms with Gasteiger partial charge in [0, 0.05) is 19.8 Å². The van der Waals surface area contributed by atoms with Crippen LogP contribution >= 0.6 is 0 Å². The van der Waals surface area contributed by atoms with Crippen LogP contribution in [0.4, 0.5) is 24.5 Å². The number of rotatable bonds is 6. The van der Waals surface area contributed by atoms with Gasteiger partial charge in [-0.1, -0.05) is 12.1 Å². The summed E-state index contributed by atoms with van der Waals surface area (Å²) in [6, 6.07) is 10.1. The Kier molecular flexibility index (Phi) is 7.20. The van der Waals surface area contributed by atoms with Gasteiger partial charge in [-0.25, -0.2) is 18.0 Å². The van der Waals surface area contributed by atoms with Gasteiger partial charge in [0.2, 0.25) is 0 Å². The number of hydrogen-bond acceptors (Lipinski definition) is 5. The molecular formula is C21H18F3N3O3. The van der Waals surface area contributed by atoms with Crippen molar-refractivity contribution in [3.63, 3.8) is 0 Å². The number of carbonyl (C=O) groups is 2. The largest absolute Gasteiger partial charge is 0.448 e. The quantitative estimate of drug-likeness (QED) is 0.336. The maximum absolute atomic E-state index is 13.7. The second kappa shape index (κ2) is 9.60. The average Bonchev–Trinajstić information content (AvgIpc) is 2.72. The number of halogens is 3. The standard InChI is InChI=1S/C21H18F3N3O3/c1-12(20(28)26-17-9-8-16(22)18(23)19(17)24)30-21(29)14(11-25)10-13-4-6-15(7-5-13)27(2)3/h4-10,12H,1-3H3,(H,26,28)/b14-10+. The summed E-state index contributed by atoms with van der Waals surface area (Å²) in [6.45, 7) is 1.19. The van der Waals surface area contributed by atoms with Gasteiger partial charge in [0.1, 0.15) is 11.6 Å². The molecule has 30 heavy (non-hydrogen) atoms. The van der Waals surface area contributed by atoms with E-state index < -0.39 is 41.1 Å². The van der Waals surface area contributed by atoms with Crippen molar-refractivity contribution in [3.8, 4) is 6.07 Å². The molecule has 0 aromatic heterocycles. The molecule has 2 rings (SSSR count). The summed E-state index contributed by atoms with van der Waals surface area (Å²) in [5.41, 5.74) is 0.517. The third kappa shape index (κ3) is 5.38. The molecule has 0 spiro atoms. The predicted molar refractivity (Wildman–Crippen MR) is 105 cm³/mol. The van der Waals surface area contributed by atoms with E-state index in [0.717, 1.165) is 11.8 Å². The third-order valence-corrected chi connectivity index (χ3v) is 4.01. The lowest BCUT2D eigenvalue weighted by Crippen LogP contribution is -2.30. The Balaban J connectivity index is 2.08. The van der Waals surface area contributed by atoms with Gasteiger partial charge >= 0.3 is 5.97 Å². The number of nitriles is 1. The number of benzene rings is 2. The highest BCUT2D eigenvalue weighted by Gasteiger charge is 2.23. The van der Waals surface area contributed by atoms with Crippen molar-refractivity contribution in [1.29, 1.82) is 5.26 Å². The van der Waals surface area contributed by atoms with Crippen molar-refractivity contribution in [3.05, 3.63) is 65.0 Å². The van der Waals surface area contributed by atoms with E-state index in [4.69, 9.17) is 4.74 Å². The summed E-state index contributed by atoms with van der Waals surface area (Å²) in [6.07, 6.45) is -0.139. The Labute approximate surface area is 171 Å². The normalized spacial score (nSPS) is 12.0. The van der Waals surface area contributed by atoms with E-state index in [-0.39, 0.29) is 5.57 Å². The van der Waals surface area contributed by atoms with Gasteiger partial charge in [0.05, 0.1) is 5.69 Å². The van der Waals surface area contributed by atoms with Crippen molar-refractivity contribution in [2.75, 3.05) is 24.3 Å². The Morgan fingerprint density at radius 1 is 1.10 bits per heavy atom. The highest BCUT2D eigenvalue weighted by Crippen LogP contribution is 2.20. The smallest absolute Gasteiger partial charge is 0.349 e. The molecule has 0 radical (unpaired) electrons. The maximum atomic E-state index is 13.7. The van der Waals surface area contributed by atoms with E-state index in [2.05, 4.69) is 0 Å². The van der Waals surface area contributed by atoms with Crippen LogP contribution in [0.5, 0.6) is 0 Å². The van der Waals surface area contributed by atoms with Crippen LogP contribution in [-0.2, 0) is 14.3 Å². The van der Waals surface area contributed by atoms with E-state index in [1.807, 2.05) is 24.3 Å². The highest BCUT2D eigenvalue weighted by molar-refractivity contribution is 6.01. The zero-order valence-corrected chi connectivity index (χ0v) is 16.4. The number of nitrogens with zero attached hydrogens (tertiary/aromatic N) is 2. The minimum atomic E-state index is -1.74. The molecule has 0 saturated carbocycles. The molecule has 0 saturated heterocycles. The average molecular weight is 417 g/mol. The van der Waals surface area contributed by atoms with E-state index in [1.54, 1.807) is 30.3 Å². The van der Waals surface area contributed by atoms with Crippen molar-refractivity contribution < 1.29 is 27.5 Å². The molecule has 0 bridgehead atoms. The zero-order chi connectivity index (χ0) is 22.4. The Morgan fingerprint density at radius 2 is 1.73 bits per heavy atom. The number of esters is 1. The predicted octanol–water partition coefficient (Wildman–Crippen LogP) is 3.65. The molecule has 0 aliphatic carbocycles. The molecule has 1 atom stereocenters. The molecule has 1 amide bonds. The summed E-state index contributed by atoms with van der Waals surface area (Å²) in [5.74, 6) is -6.79. The first kappa shape index (κ1) is 22.5. The third-order valence-electron chi connectivity index (χ3n) is 4.01. The van der Waals surface area contributed by atoms with E-state index in [0.29, 0.717) is 11.6 Å². The van der Waals surface area contributed by atoms with Crippen LogP contribution < -0.4 is 10.2 Å². The lowest BCUT2D eigenvalue weighted by Gasteiger charge is -2.14. The Morgan fingerprint density at radius 3 is 2.30 bits per heavy atom. The first-order valence-corrected chi connectivity index (χ1v) is 8.68. The minimum absolute atomic E-state index is 0.355. The molecule has 9 heteroatoms. The first-order valence-electron chi connectivity index (χ1n) is 8.68. The molecule has 0 aliphatic rings. The number of hydrogen-bond donors (Lipinski definition) is 1. The summed E-state index contributed by atoms with van der Waals surface area (Å²) in [5, 5.41) is 11.2. The molecule has 0 aliphatic heterocycles. The monoisotopic (exact) mass is 417 g/mol. The number of anilines is 2. The van der Waals surface area contributed by atoms with E-state index >= 15 is 0 Å². The minimum Gasteiger partial charge on any atom is -0.448 e. The molecule has 6 nitrogen and oxygen atoms in total. The van der Waals surface area contributed by atoms with Crippen LogP contribution in [0.15, 0.2) is 42.0 Å². The van der Waals surface area contributed by atoms with Crippen molar-refractivity contribution in [2.45, 2.75) is 13.0 Å². The molecule has 0 fully saturated rings. The van der Waals surface area contributed by atoms with Gasteiger partial charge < -0.3 is 15.0 Å². The van der Waals surface area contributed by atoms with Crippen LogP contribution in [0, 0.1) is 28.8 Å². The molecular weight excluding hydrogens is 399 g/mol. The Bertz CT molecular complexity index is 1030. The fraction of sp³-hybridized carbons (Fsp3) is 0.190. The number of ether oxygens (including phenoxy) is 1. The number of nitrogens with one attached hydrogen (secondary N) is 1.